The maximum Gasteiger partial charge on any atom is 0.488 e. The van der Waals surface area contributed by atoms with Crippen LogP contribution < -0.4 is 9.50 Å². The summed E-state index contributed by atoms with van der Waals surface area (Å²) < 4.78 is 37.4. The quantitative estimate of drug-likeness (QED) is 0.679. The van der Waals surface area contributed by atoms with Gasteiger partial charge in [0, 0.05) is 12.2 Å². The highest BCUT2D eigenvalue weighted by atomic mass is 32.3. The molecule has 0 atom stereocenters. The van der Waals surface area contributed by atoms with Crippen molar-refractivity contribution < 1.29 is 21.3 Å². The maximum atomic E-state index is 12.4. The summed E-state index contributed by atoms with van der Waals surface area (Å²) in [5, 5.41) is 2.89. The lowest BCUT2D eigenvalue weighted by atomic mass is 10.1. The van der Waals surface area contributed by atoms with Gasteiger partial charge in [-0.15, -0.1) is 0 Å². The molecule has 8 heteroatoms. The van der Waals surface area contributed by atoms with Gasteiger partial charge in [0.25, 0.3) is 5.91 Å². The van der Waals surface area contributed by atoms with E-state index in [1.54, 1.807) is 0 Å². The molecule has 1 aromatic heterocycles. The number of nitrogens with zero attached hydrogens (tertiary/aromatic N) is 1. The van der Waals surface area contributed by atoms with Crippen LogP contribution in [0.1, 0.15) is 48.9 Å². The van der Waals surface area contributed by atoms with Gasteiger partial charge in [-0.05, 0) is 18.9 Å². The summed E-state index contributed by atoms with van der Waals surface area (Å²) in [6.07, 6.45) is 8.65. The highest BCUT2D eigenvalue weighted by molar-refractivity contribution is 7.81. The van der Waals surface area contributed by atoms with E-state index >= 15 is 0 Å². The molecule has 6 nitrogen and oxygen atoms in total. The van der Waals surface area contributed by atoms with Crippen LogP contribution in [0.25, 0.3) is 0 Å². The Hall–Kier alpha value is -1.70. The van der Waals surface area contributed by atoms with Crippen LogP contribution in [0.3, 0.4) is 0 Å². The predicted molar refractivity (Wildman–Crippen MR) is 73.8 cm³/mol. The molecule has 0 spiro atoms. The van der Waals surface area contributed by atoms with Crippen molar-refractivity contribution in [3.05, 3.63) is 24.0 Å². The molecule has 1 N–H and O–H groups in total. The van der Waals surface area contributed by atoms with Crippen molar-refractivity contribution in [2.75, 3.05) is 0 Å². The van der Waals surface area contributed by atoms with Gasteiger partial charge in [0.15, 0.2) is 5.75 Å². The topological polar surface area (TPSA) is 85.4 Å². The molecular weight excluding hydrogens is 299 g/mol. The van der Waals surface area contributed by atoms with Crippen LogP contribution >= 0.6 is 0 Å². The molecule has 1 saturated carbocycles. The van der Waals surface area contributed by atoms with Gasteiger partial charge in [-0.25, -0.2) is 0 Å². The van der Waals surface area contributed by atoms with Crippen LogP contribution in [0.5, 0.6) is 5.75 Å². The first-order valence-electron chi connectivity index (χ1n) is 6.84. The standard InChI is InChI=1S/C13H17FN2O4S/c14-21(18,19)20-12-7-10(8-15-9-12)13(17)16-11-5-3-1-2-4-6-11/h7-9,11H,1-6H2,(H,16,17). The number of carbonyl (C=O) groups is 1. The highest BCUT2D eigenvalue weighted by Gasteiger charge is 2.17. The summed E-state index contributed by atoms with van der Waals surface area (Å²) in [7, 11) is -5.12. The van der Waals surface area contributed by atoms with E-state index in [0.717, 1.165) is 37.9 Å². The normalized spacial score (nSPS) is 17.0. The Kier molecular flexibility index (Phi) is 5.11. The Labute approximate surface area is 123 Å². The molecule has 0 bridgehead atoms. The SMILES string of the molecule is O=C(NC1CCCCCC1)c1cncc(OS(=O)(=O)F)c1. The van der Waals surface area contributed by atoms with Gasteiger partial charge < -0.3 is 9.50 Å². The lowest BCUT2D eigenvalue weighted by Gasteiger charge is -2.16. The van der Waals surface area contributed by atoms with Crippen LogP contribution in [0, 0.1) is 0 Å². The molecule has 1 amide bonds. The van der Waals surface area contributed by atoms with E-state index in [2.05, 4.69) is 14.5 Å². The lowest BCUT2D eigenvalue weighted by molar-refractivity contribution is 0.0932. The van der Waals surface area contributed by atoms with Crippen molar-refractivity contribution in [3.63, 3.8) is 0 Å². The fourth-order valence-corrected chi connectivity index (χ4v) is 2.72. The molecule has 0 saturated heterocycles. The minimum absolute atomic E-state index is 0.106. The fourth-order valence-electron chi connectivity index (χ4n) is 2.40. The molecule has 0 aromatic carbocycles. The van der Waals surface area contributed by atoms with Crippen molar-refractivity contribution in [1.82, 2.24) is 10.3 Å². The van der Waals surface area contributed by atoms with E-state index in [0.29, 0.717) is 0 Å². The first-order chi connectivity index (χ1) is 9.94. The number of halogens is 1. The van der Waals surface area contributed by atoms with Crippen molar-refractivity contribution in [1.29, 1.82) is 0 Å². The minimum Gasteiger partial charge on any atom is -0.357 e. The molecule has 1 fully saturated rings. The van der Waals surface area contributed by atoms with Gasteiger partial charge in [-0.3, -0.25) is 9.78 Å². The third-order valence-corrected chi connectivity index (χ3v) is 3.75. The van der Waals surface area contributed by atoms with Crippen LogP contribution in [0.15, 0.2) is 18.5 Å². The van der Waals surface area contributed by atoms with Crippen molar-refractivity contribution in [2.45, 2.75) is 44.6 Å². The van der Waals surface area contributed by atoms with Crippen molar-refractivity contribution >= 4 is 16.4 Å². The van der Waals surface area contributed by atoms with Gasteiger partial charge in [-0.1, -0.05) is 29.6 Å². The van der Waals surface area contributed by atoms with Crippen LogP contribution in [0.4, 0.5) is 3.89 Å². The summed E-state index contributed by atoms with van der Waals surface area (Å²) in [6, 6.07) is 1.25. The first kappa shape index (κ1) is 15.7. The highest BCUT2D eigenvalue weighted by Crippen LogP contribution is 2.18. The summed E-state index contributed by atoms with van der Waals surface area (Å²) in [5.41, 5.74) is 0.139. The van der Waals surface area contributed by atoms with Crippen LogP contribution in [0.2, 0.25) is 0 Å². The zero-order valence-corrected chi connectivity index (χ0v) is 12.2. The molecule has 2 rings (SSSR count). The number of hydrogen-bond acceptors (Lipinski definition) is 5. The average Bonchev–Trinajstić information content (AvgIpc) is 2.65. The Morgan fingerprint density at radius 2 is 1.90 bits per heavy atom. The first-order valence-corrected chi connectivity index (χ1v) is 8.15. The number of amides is 1. The van der Waals surface area contributed by atoms with Gasteiger partial charge in [0.05, 0.1) is 11.8 Å². The summed E-state index contributed by atoms with van der Waals surface area (Å²) in [4.78, 5) is 15.8. The maximum absolute atomic E-state index is 12.4. The molecule has 1 aliphatic rings. The second-order valence-corrected chi connectivity index (χ2v) is 6.00. The lowest BCUT2D eigenvalue weighted by Crippen LogP contribution is -2.34. The third kappa shape index (κ3) is 5.30. The van der Waals surface area contributed by atoms with E-state index in [1.165, 1.54) is 19.0 Å². The largest absolute Gasteiger partial charge is 0.488 e. The molecule has 0 radical (unpaired) electrons. The summed E-state index contributed by atoms with van der Waals surface area (Å²) >= 11 is 0. The summed E-state index contributed by atoms with van der Waals surface area (Å²) in [6.45, 7) is 0. The Bertz CT molecular complexity index is 598. The number of carbonyl (C=O) groups excluding carboxylic acids is 1. The number of hydrogen-bond donors (Lipinski definition) is 1. The van der Waals surface area contributed by atoms with Gasteiger partial charge in [-0.2, -0.15) is 8.42 Å². The molecule has 21 heavy (non-hydrogen) atoms. The van der Waals surface area contributed by atoms with Gasteiger partial charge in [0.2, 0.25) is 0 Å². The van der Waals surface area contributed by atoms with E-state index in [-0.39, 0.29) is 23.3 Å². The van der Waals surface area contributed by atoms with E-state index in [4.69, 9.17) is 0 Å². The van der Waals surface area contributed by atoms with Crippen molar-refractivity contribution in [2.24, 2.45) is 0 Å². The molecular formula is C13H17FN2O4S. The predicted octanol–water partition coefficient (Wildman–Crippen LogP) is 2.13. The monoisotopic (exact) mass is 316 g/mol. The van der Waals surface area contributed by atoms with E-state index in [1.807, 2.05) is 0 Å². The third-order valence-electron chi connectivity index (χ3n) is 3.36. The number of pyridine rings is 1. The van der Waals surface area contributed by atoms with E-state index < -0.39 is 10.5 Å². The molecule has 1 aliphatic carbocycles. The number of rotatable bonds is 4. The minimum atomic E-state index is -5.12. The number of aromatic nitrogens is 1. The Balaban J connectivity index is 2.03. The smallest absolute Gasteiger partial charge is 0.357 e. The van der Waals surface area contributed by atoms with Crippen molar-refractivity contribution in [3.8, 4) is 5.75 Å². The molecule has 1 heterocycles. The van der Waals surface area contributed by atoms with E-state index in [9.17, 15) is 17.1 Å². The number of nitrogens with one attached hydrogen (secondary N) is 1. The Morgan fingerprint density at radius 3 is 2.52 bits per heavy atom. The van der Waals surface area contributed by atoms with Crippen LogP contribution in [-0.4, -0.2) is 25.4 Å². The second-order valence-electron chi connectivity index (χ2n) is 5.05. The van der Waals surface area contributed by atoms with Gasteiger partial charge in [0.1, 0.15) is 0 Å². The second kappa shape index (κ2) is 6.84. The molecule has 1 aromatic rings. The zero-order chi connectivity index (χ0) is 15.3. The zero-order valence-electron chi connectivity index (χ0n) is 11.4. The fraction of sp³-hybridized carbons (Fsp3) is 0.538. The molecule has 0 unspecified atom stereocenters. The van der Waals surface area contributed by atoms with Gasteiger partial charge >= 0.3 is 10.5 Å². The molecule has 116 valence electrons. The van der Waals surface area contributed by atoms with Crippen LogP contribution in [-0.2, 0) is 10.5 Å². The average molecular weight is 316 g/mol. The summed E-state index contributed by atoms with van der Waals surface area (Å²) in [5.74, 6) is -0.692. The molecule has 0 aliphatic heterocycles. The Morgan fingerprint density at radius 1 is 1.24 bits per heavy atom.